The van der Waals surface area contributed by atoms with Crippen molar-refractivity contribution >= 4 is 6.09 Å². The van der Waals surface area contributed by atoms with Crippen LogP contribution >= 0.6 is 0 Å². The Morgan fingerprint density at radius 3 is 1.41 bits per heavy atom. The van der Waals surface area contributed by atoms with Crippen molar-refractivity contribution in [2.75, 3.05) is 0 Å². The van der Waals surface area contributed by atoms with Gasteiger partial charge in [-0.3, -0.25) is 5.32 Å². The Balaban J connectivity index is 5.88. The minimum atomic E-state index is -6.88. The van der Waals surface area contributed by atoms with Gasteiger partial charge in [0.2, 0.25) is 0 Å². The summed E-state index contributed by atoms with van der Waals surface area (Å²) in [4.78, 5) is 11.1. The number of hydrogen-bond acceptors (Lipinski definition) is 2. The molecule has 0 saturated carbocycles. The average molecular weight is 349 g/mol. The van der Waals surface area contributed by atoms with Gasteiger partial charge in [-0.2, -0.15) is 39.5 Å². The lowest BCUT2D eigenvalue weighted by Gasteiger charge is -2.39. The molecule has 0 fully saturated rings. The summed E-state index contributed by atoms with van der Waals surface area (Å²) in [5.41, 5.74) is -7.98. The highest BCUT2D eigenvalue weighted by molar-refractivity contribution is 5.69. The number of alkyl halides is 9. The number of alkyl carbamates (subject to hydrolysis) is 1. The van der Waals surface area contributed by atoms with Gasteiger partial charge in [-0.15, -0.1) is 0 Å². The molecule has 0 radical (unpaired) electrons. The van der Waals surface area contributed by atoms with E-state index < -0.39 is 35.8 Å². The Kier molecular flexibility index (Phi) is 5.34. The zero-order chi connectivity index (χ0) is 18.2. The lowest BCUT2D eigenvalue weighted by molar-refractivity contribution is -0.387. The molecule has 0 aliphatic heterocycles. The van der Waals surface area contributed by atoms with Crippen molar-refractivity contribution in [3.63, 3.8) is 0 Å². The van der Waals surface area contributed by atoms with Crippen molar-refractivity contribution in [3.8, 4) is 0 Å². The van der Waals surface area contributed by atoms with Crippen LogP contribution in [-0.4, -0.2) is 35.8 Å². The van der Waals surface area contributed by atoms with Crippen molar-refractivity contribution in [2.24, 2.45) is 0 Å². The molecule has 1 N–H and O–H groups in total. The van der Waals surface area contributed by atoms with Crippen molar-refractivity contribution in [2.45, 2.75) is 56.9 Å². The SMILES string of the molecule is CCC(C)(C)OC(=O)NC(C(F)(F)F)(C(F)(F)F)C(F)(F)F. The molecule has 1 amide bonds. The summed E-state index contributed by atoms with van der Waals surface area (Å²) in [6.45, 7) is 3.56. The molecule has 0 aromatic carbocycles. The first kappa shape index (κ1) is 20.6. The quantitative estimate of drug-likeness (QED) is 0.771. The summed E-state index contributed by atoms with van der Waals surface area (Å²) in [6, 6.07) is 0. The van der Waals surface area contributed by atoms with Gasteiger partial charge >= 0.3 is 30.2 Å². The normalized spacial score (nSPS) is 14.7. The number of halogens is 9. The van der Waals surface area contributed by atoms with Gasteiger partial charge in [-0.05, 0) is 20.3 Å². The van der Waals surface area contributed by atoms with E-state index in [1.165, 1.54) is 6.92 Å². The third-order valence-electron chi connectivity index (χ3n) is 2.79. The number of carbonyl (C=O) groups is 1. The van der Waals surface area contributed by atoms with E-state index >= 15 is 0 Å². The monoisotopic (exact) mass is 349 g/mol. The van der Waals surface area contributed by atoms with Crippen LogP contribution < -0.4 is 5.32 Å². The highest BCUT2D eigenvalue weighted by Crippen LogP contribution is 2.52. The van der Waals surface area contributed by atoms with E-state index in [1.54, 1.807) is 0 Å². The first-order chi connectivity index (χ1) is 9.41. The second-order valence-electron chi connectivity index (χ2n) is 4.87. The fourth-order valence-corrected chi connectivity index (χ4v) is 1.20. The number of amides is 1. The van der Waals surface area contributed by atoms with Gasteiger partial charge in [-0.1, -0.05) is 6.92 Å². The van der Waals surface area contributed by atoms with Crippen LogP contribution in [0, 0.1) is 0 Å². The molecule has 0 aromatic heterocycles. The van der Waals surface area contributed by atoms with E-state index in [4.69, 9.17) is 0 Å². The smallest absolute Gasteiger partial charge is 0.429 e. The van der Waals surface area contributed by atoms with Crippen LogP contribution in [0.15, 0.2) is 0 Å². The predicted molar refractivity (Wildman–Crippen MR) is 54.9 cm³/mol. The van der Waals surface area contributed by atoms with Crippen LogP contribution in [0.3, 0.4) is 0 Å². The molecule has 12 heteroatoms. The molecule has 132 valence electrons. The molecular formula is C10H12F9NO2. The molecule has 0 unspecified atom stereocenters. The molecule has 22 heavy (non-hydrogen) atoms. The Morgan fingerprint density at radius 1 is 0.864 bits per heavy atom. The summed E-state index contributed by atoms with van der Waals surface area (Å²) >= 11 is 0. The third kappa shape index (κ3) is 3.88. The summed E-state index contributed by atoms with van der Waals surface area (Å²) in [7, 11) is 0. The summed E-state index contributed by atoms with van der Waals surface area (Å²) in [5.74, 6) is 0. The predicted octanol–water partition coefficient (Wildman–Crippen LogP) is 4.33. The van der Waals surface area contributed by atoms with E-state index in [-0.39, 0.29) is 11.7 Å². The number of ether oxygens (including phenoxy) is 1. The zero-order valence-electron chi connectivity index (χ0n) is 11.4. The molecule has 0 atom stereocenters. The Labute approximate surface area is 118 Å². The largest absolute Gasteiger partial charge is 0.444 e. The molecule has 0 spiro atoms. The molecule has 0 saturated heterocycles. The maximum Gasteiger partial charge on any atom is 0.429 e. The molecule has 0 aliphatic carbocycles. The van der Waals surface area contributed by atoms with Crippen molar-refractivity contribution in [1.29, 1.82) is 0 Å². The van der Waals surface area contributed by atoms with Crippen molar-refractivity contribution in [3.05, 3.63) is 0 Å². The topological polar surface area (TPSA) is 38.3 Å². The zero-order valence-corrected chi connectivity index (χ0v) is 11.4. The van der Waals surface area contributed by atoms with Crippen LogP contribution in [0.4, 0.5) is 44.3 Å². The van der Waals surface area contributed by atoms with Crippen LogP contribution in [0.5, 0.6) is 0 Å². The van der Waals surface area contributed by atoms with Crippen LogP contribution in [-0.2, 0) is 4.74 Å². The average Bonchev–Trinajstić information content (AvgIpc) is 2.19. The summed E-state index contributed by atoms with van der Waals surface area (Å²) < 4.78 is 117. The van der Waals surface area contributed by atoms with E-state index in [1.807, 2.05) is 0 Å². The third-order valence-corrected chi connectivity index (χ3v) is 2.79. The van der Waals surface area contributed by atoms with E-state index in [0.717, 1.165) is 13.8 Å². The number of carbonyl (C=O) groups excluding carboxylic acids is 1. The molecule has 0 aromatic rings. The number of nitrogens with one attached hydrogen (secondary N) is 1. The molecule has 0 heterocycles. The summed E-state index contributed by atoms with van der Waals surface area (Å²) in [5, 5.41) is -0.0953. The van der Waals surface area contributed by atoms with Gasteiger partial charge < -0.3 is 4.74 Å². The first-order valence-corrected chi connectivity index (χ1v) is 5.62. The highest BCUT2D eigenvalue weighted by Gasteiger charge is 2.85. The minimum absolute atomic E-state index is 0.0581. The Morgan fingerprint density at radius 2 is 1.18 bits per heavy atom. The maximum absolute atomic E-state index is 12.5. The van der Waals surface area contributed by atoms with Gasteiger partial charge in [0, 0.05) is 0 Å². The fourth-order valence-electron chi connectivity index (χ4n) is 1.20. The molecular weight excluding hydrogens is 337 g/mol. The minimum Gasteiger partial charge on any atom is -0.444 e. The standard InChI is InChI=1S/C10H12F9NO2/c1-4-6(2,3)22-5(21)20-7(8(11,12)13,9(14,15)16)10(17,18)19/h4H2,1-3H3,(H,20,21). The van der Waals surface area contributed by atoms with E-state index in [2.05, 4.69) is 4.74 Å². The van der Waals surface area contributed by atoms with Gasteiger partial charge in [0.1, 0.15) is 5.60 Å². The van der Waals surface area contributed by atoms with Crippen LogP contribution in [0.1, 0.15) is 27.2 Å². The lowest BCUT2D eigenvalue weighted by atomic mass is 9.97. The summed E-state index contributed by atoms with van der Waals surface area (Å²) in [6.07, 6.45) is -23.2. The van der Waals surface area contributed by atoms with Crippen LogP contribution in [0.25, 0.3) is 0 Å². The second-order valence-corrected chi connectivity index (χ2v) is 4.87. The Hall–Kier alpha value is -1.36. The maximum atomic E-state index is 12.5. The van der Waals surface area contributed by atoms with E-state index in [0.29, 0.717) is 0 Å². The first-order valence-electron chi connectivity index (χ1n) is 5.62. The molecule has 0 rings (SSSR count). The van der Waals surface area contributed by atoms with Crippen LogP contribution in [0.2, 0.25) is 0 Å². The second kappa shape index (κ2) is 5.69. The van der Waals surface area contributed by atoms with Gasteiger partial charge in [-0.25, -0.2) is 4.79 Å². The van der Waals surface area contributed by atoms with Crippen molar-refractivity contribution in [1.82, 2.24) is 5.32 Å². The Bertz CT molecular complexity index is 372. The van der Waals surface area contributed by atoms with Crippen molar-refractivity contribution < 1.29 is 49.0 Å². The van der Waals surface area contributed by atoms with E-state index in [9.17, 15) is 44.3 Å². The number of rotatable bonds is 3. The molecule has 0 aliphatic rings. The molecule has 0 bridgehead atoms. The highest BCUT2D eigenvalue weighted by atomic mass is 19.4. The number of hydrogen-bond donors (Lipinski definition) is 1. The molecule has 3 nitrogen and oxygen atoms in total. The fraction of sp³-hybridized carbons (Fsp3) is 0.900. The van der Waals surface area contributed by atoms with Gasteiger partial charge in [0.15, 0.2) is 0 Å². The van der Waals surface area contributed by atoms with Gasteiger partial charge in [0.05, 0.1) is 0 Å². The lowest BCUT2D eigenvalue weighted by Crippen LogP contribution is -2.75. The van der Waals surface area contributed by atoms with Gasteiger partial charge in [0.25, 0.3) is 0 Å².